The maximum absolute atomic E-state index is 12.9. The second kappa shape index (κ2) is 9.00. The predicted octanol–water partition coefficient (Wildman–Crippen LogP) is 4.72. The predicted molar refractivity (Wildman–Crippen MR) is 118 cm³/mol. The summed E-state index contributed by atoms with van der Waals surface area (Å²) in [5.74, 6) is 0. The molecule has 0 spiro atoms. The van der Waals surface area contributed by atoms with E-state index in [4.69, 9.17) is 11.6 Å². The summed E-state index contributed by atoms with van der Waals surface area (Å²) >= 11 is 5.91. The lowest BCUT2D eigenvalue weighted by Gasteiger charge is -2.41. The molecule has 6 heteroatoms. The standard InChI is InChI=1S/C23H27ClN2O2S/c24-20-10-12-21(13-11-20)29(27,28)25-22-8-4-5-9-23(22)26-16-14-19(15-17-26)18-6-2-1-3-7-18/h1-3,6-7,10-14,22-23,25H,4-5,8-9,15-17H2/t22-,23+/m1/s1. The molecule has 1 saturated carbocycles. The van der Waals surface area contributed by atoms with Crippen molar-refractivity contribution in [3.05, 3.63) is 71.3 Å². The summed E-state index contributed by atoms with van der Waals surface area (Å²) in [5, 5.41) is 0.536. The molecule has 29 heavy (non-hydrogen) atoms. The molecule has 1 N–H and O–H groups in total. The molecule has 0 amide bonds. The van der Waals surface area contributed by atoms with Gasteiger partial charge in [-0.2, -0.15) is 0 Å². The Morgan fingerprint density at radius 3 is 2.38 bits per heavy atom. The monoisotopic (exact) mass is 430 g/mol. The fourth-order valence-electron chi connectivity index (χ4n) is 4.47. The summed E-state index contributed by atoms with van der Waals surface area (Å²) in [6.45, 7) is 1.83. The van der Waals surface area contributed by atoms with E-state index in [1.807, 2.05) is 6.07 Å². The molecule has 2 aliphatic rings. The number of rotatable bonds is 5. The fraction of sp³-hybridized carbons (Fsp3) is 0.391. The Morgan fingerprint density at radius 1 is 0.966 bits per heavy atom. The van der Waals surface area contributed by atoms with E-state index in [2.05, 4.69) is 40.0 Å². The molecule has 1 heterocycles. The first-order valence-electron chi connectivity index (χ1n) is 10.3. The SMILES string of the molecule is O=S(=O)(N[C@@H]1CCCC[C@@H]1N1CC=C(c2ccccc2)CC1)c1ccc(Cl)cc1. The maximum atomic E-state index is 12.9. The van der Waals surface area contributed by atoms with Gasteiger partial charge in [0.2, 0.25) is 10.0 Å². The molecule has 2 atom stereocenters. The van der Waals surface area contributed by atoms with Crippen LogP contribution in [0.15, 0.2) is 65.6 Å². The van der Waals surface area contributed by atoms with Gasteiger partial charge in [0.15, 0.2) is 0 Å². The molecule has 0 unspecified atom stereocenters. The molecule has 154 valence electrons. The van der Waals surface area contributed by atoms with Crippen LogP contribution in [0.4, 0.5) is 0 Å². The molecule has 0 radical (unpaired) electrons. The van der Waals surface area contributed by atoms with Crippen LogP contribution in [0.3, 0.4) is 0 Å². The van der Waals surface area contributed by atoms with E-state index in [0.717, 1.165) is 45.2 Å². The molecular formula is C23H27ClN2O2S. The van der Waals surface area contributed by atoms with Crippen LogP contribution in [0.25, 0.3) is 5.57 Å². The molecule has 1 aliphatic heterocycles. The van der Waals surface area contributed by atoms with Crippen LogP contribution in [0, 0.1) is 0 Å². The molecular weight excluding hydrogens is 404 g/mol. The number of benzene rings is 2. The first-order valence-corrected chi connectivity index (χ1v) is 12.2. The van der Waals surface area contributed by atoms with Crippen LogP contribution >= 0.6 is 11.6 Å². The number of sulfonamides is 1. The highest BCUT2D eigenvalue weighted by Crippen LogP contribution is 2.29. The molecule has 1 fully saturated rings. The summed E-state index contributed by atoms with van der Waals surface area (Å²) in [7, 11) is -3.55. The minimum Gasteiger partial charge on any atom is -0.295 e. The van der Waals surface area contributed by atoms with Gasteiger partial charge in [0, 0.05) is 30.2 Å². The van der Waals surface area contributed by atoms with Gasteiger partial charge < -0.3 is 0 Å². The zero-order valence-electron chi connectivity index (χ0n) is 16.4. The number of halogens is 1. The Bertz CT molecular complexity index is 958. The summed E-state index contributed by atoms with van der Waals surface area (Å²) in [6, 6.07) is 17.1. The highest BCUT2D eigenvalue weighted by molar-refractivity contribution is 7.89. The summed E-state index contributed by atoms with van der Waals surface area (Å²) < 4.78 is 28.8. The average molecular weight is 431 g/mol. The van der Waals surface area contributed by atoms with Crippen LogP contribution in [0.1, 0.15) is 37.7 Å². The molecule has 0 bridgehead atoms. The van der Waals surface area contributed by atoms with E-state index in [9.17, 15) is 8.42 Å². The maximum Gasteiger partial charge on any atom is 0.240 e. The lowest BCUT2D eigenvalue weighted by atomic mass is 9.88. The number of nitrogens with one attached hydrogen (secondary N) is 1. The van der Waals surface area contributed by atoms with Gasteiger partial charge in [0.25, 0.3) is 0 Å². The zero-order valence-corrected chi connectivity index (χ0v) is 18.0. The van der Waals surface area contributed by atoms with Crippen LogP contribution in [0.2, 0.25) is 5.02 Å². The third-order valence-corrected chi connectivity index (χ3v) is 7.77. The summed E-state index contributed by atoms with van der Waals surface area (Å²) in [6.07, 6.45) is 7.42. The first kappa shape index (κ1) is 20.6. The molecule has 4 rings (SSSR count). The van der Waals surface area contributed by atoms with Crippen molar-refractivity contribution in [2.75, 3.05) is 13.1 Å². The molecule has 1 aliphatic carbocycles. The van der Waals surface area contributed by atoms with E-state index in [0.29, 0.717) is 5.02 Å². The van der Waals surface area contributed by atoms with E-state index in [1.54, 1.807) is 24.3 Å². The molecule has 0 saturated heterocycles. The Hall–Kier alpha value is -1.66. The Labute approximate surface area is 178 Å². The van der Waals surface area contributed by atoms with Crippen LogP contribution in [-0.2, 0) is 10.0 Å². The molecule has 2 aromatic rings. The minimum absolute atomic E-state index is 0.0592. The Morgan fingerprint density at radius 2 is 1.69 bits per heavy atom. The summed E-state index contributed by atoms with van der Waals surface area (Å²) in [5.41, 5.74) is 2.67. The quantitative estimate of drug-likeness (QED) is 0.746. The van der Waals surface area contributed by atoms with Gasteiger partial charge in [-0.25, -0.2) is 13.1 Å². The van der Waals surface area contributed by atoms with Crippen molar-refractivity contribution in [3.8, 4) is 0 Å². The first-order chi connectivity index (χ1) is 14.0. The number of hydrogen-bond donors (Lipinski definition) is 1. The molecule has 0 aromatic heterocycles. The highest BCUT2D eigenvalue weighted by Gasteiger charge is 2.33. The van der Waals surface area contributed by atoms with Gasteiger partial charge in [-0.1, -0.05) is 60.9 Å². The van der Waals surface area contributed by atoms with Crippen molar-refractivity contribution in [2.45, 2.75) is 49.1 Å². The van der Waals surface area contributed by atoms with E-state index in [1.165, 1.54) is 11.1 Å². The minimum atomic E-state index is -3.55. The van der Waals surface area contributed by atoms with E-state index < -0.39 is 10.0 Å². The van der Waals surface area contributed by atoms with E-state index >= 15 is 0 Å². The molecule has 2 aromatic carbocycles. The smallest absolute Gasteiger partial charge is 0.240 e. The topological polar surface area (TPSA) is 49.4 Å². The lowest BCUT2D eigenvalue weighted by Crippen LogP contribution is -2.54. The fourth-order valence-corrected chi connectivity index (χ4v) is 5.90. The van der Waals surface area contributed by atoms with Gasteiger partial charge in [-0.3, -0.25) is 4.90 Å². The highest BCUT2D eigenvalue weighted by atomic mass is 35.5. The second-order valence-corrected chi connectivity index (χ2v) is 10.0. The average Bonchev–Trinajstić information content (AvgIpc) is 2.75. The normalized spacial score (nSPS) is 23.6. The van der Waals surface area contributed by atoms with E-state index in [-0.39, 0.29) is 17.0 Å². The Kier molecular flexibility index (Phi) is 6.40. The van der Waals surface area contributed by atoms with Gasteiger partial charge in [-0.15, -0.1) is 0 Å². The number of nitrogens with zero attached hydrogens (tertiary/aromatic N) is 1. The third kappa shape index (κ3) is 4.92. The van der Waals surface area contributed by atoms with Crippen LogP contribution in [0.5, 0.6) is 0 Å². The van der Waals surface area contributed by atoms with Crippen molar-refractivity contribution in [3.63, 3.8) is 0 Å². The van der Waals surface area contributed by atoms with Gasteiger partial charge in [0.05, 0.1) is 4.90 Å². The van der Waals surface area contributed by atoms with Crippen molar-refractivity contribution in [1.29, 1.82) is 0 Å². The largest absolute Gasteiger partial charge is 0.295 e. The lowest BCUT2D eigenvalue weighted by molar-refractivity contribution is 0.144. The van der Waals surface area contributed by atoms with Crippen molar-refractivity contribution in [2.24, 2.45) is 0 Å². The third-order valence-electron chi connectivity index (χ3n) is 6.01. The summed E-state index contributed by atoms with van der Waals surface area (Å²) in [4.78, 5) is 2.72. The van der Waals surface area contributed by atoms with Crippen molar-refractivity contribution >= 4 is 27.2 Å². The second-order valence-electron chi connectivity index (χ2n) is 7.87. The van der Waals surface area contributed by atoms with Crippen LogP contribution < -0.4 is 4.72 Å². The van der Waals surface area contributed by atoms with Crippen molar-refractivity contribution in [1.82, 2.24) is 9.62 Å². The van der Waals surface area contributed by atoms with Crippen LogP contribution in [-0.4, -0.2) is 38.5 Å². The van der Waals surface area contributed by atoms with Gasteiger partial charge >= 0.3 is 0 Å². The Balaban J connectivity index is 1.47. The zero-order chi connectivity index (χ0) is 20.3. The van der Waals surface area contributed by atoms with Crippen molar-refractivity contribution < 1.29 is 8.42 Å². The molecule has 4 nitrogen and oxygen atoms in total. The number of hydrogen-bond acceptors (Lipinski definition) is 3. The van der Waals surface area contributed by atoms with Gasteiger partial charge in [-0.05, 0) is 54.7 Å². The van der Waals surface area contributed by atoms with Gasteiger partial charge in [0.1, 0.15) is 0 Å².